The Labute approximate surface area is 400 Å². The summed E-state index contributed by atoms with van der Waals surface area (Å²) < 4.78 is 11.3. The van der Waals surface area contributed by atoms with Crippen molar-refractivity contribution in [2.24, 2.45) is 0 Å². The highest BCUT2D eigenvalue weighted by Crippen LogP contribution is 2.23. The minimum absolute atomic E-state index is 0.183. The van der Waals surface area contributed by atoms with Crippen molar-refractivity contribution in [1.82, 2.24) is 5.32 Å². The van der Waals surface area contributed by atoms with Gasteiger partial charge in [0.15, 0.2) is 6.29 Å². The average Bonchev–Trinajstić information content (AvgIpc) is 3.31. The van der Waals surface area contributed by atoms with E-state index in [-0.39, 0.29) is 12.5 Å². The molecule has 0 spiro atoms. The van der Waals surface area contributed by atoms with E-state index in [0.717, 1.165) is 57.8 Å². The van der Waals surface area contributed by atoms with E-state index in [1.165, 1.54) is 193 Å². The molecule has 65 heavy (non-hydrogen) atoms. The number of hydrogen-bond acceptors (Lipinski definition) is 8. The van der Waals surface area contributed by atoms with E-state index in [1.807, 2.05) is 6.08 Å². The van der Waals surface area contributed by atoms with Gasteiger partial charge in [0.2, 0.25) is 5.91 Å². The summed E-state index contributed by atoms with van der Waals surface area (Å²) in [5.41, 5.74) is 0. The Hall–Kier alpha value is -1.33. The number of hydrogen-bond donors (Lipinski definition) is 6. The molecule has 7 unspecified atom stereocenters. The summed E-state index contributed by atoms with van der Waals surface area (Å²) >= 11 is 0. The van der Waals surface area contributed by atoms with Crippen LogP contribution >= 0.6 is 0 Å². The number of aliphatic hydroxyl groups is 5. The normalized spacial score (nSPS) is 20.0. The van der Waals surface area contributed by atoms with E-state index in [9.17, 15) is 30.3 Å². The van der Waals surface area contributed by atoms with Crippen LogP contribution in [0, 0.1) is 0 Å². The van der Waals surface area contributed by atoms with E-state index in [0.29, 0.717) is 6.42 Å². The molecular formula is C56H107NO8. The third-order valence-electron chi connectivity index (χ3n) is 13.5. The van der Waals surface area contributed by atoms with Gasteiger partial charge in [0.05, 0.1) is 25.4 Å². The maximum Gasteiger partial charge on any atom is 0.220 e. The predicted octanol–water partition coefficient (Wildman–Crippen LogP) is 13.4. The molecule has 1 amide bonds. The maximum absolute atomic E-state index is 13.0. The van der Waals surface area contributed by atoms with Crippen LogP contribution in [0.15, 0.2) is 24.3 Å². The van der Waals surface area contributed by atoms with E-state index in [1.54, 1.807) is 6.08 Å². The van der Waals surface area contributed by atoms with Crippen LogP contribution in [-0.2, 0) is 14.3 Å². The average molecular weight is 922 g/mol. The van der Waals surface area contributed by atoms with Gasteiger partial charge in [0, 0.05) is 6.42 Å². The Kier molecular flexibility index (Phi) is 44.0. The summed E-state index contributed by atoms with van der Waals surface area (Å²) in [7, 11) is 0. The minimum atomic E-state index is -1.57. The van der Waals surface area contributed by atoms with Crippen LogP contribution in [0.1, 0.15) is 271 Å². The van der Waals surface area contributed by atoms with Crippen molar-refractivity contribution in [3.8, 4) is 0 Å². The topological polar surface area (TPSA) is 149 Å². The first-order chi connectivity index (χ1) is 31.8. The zero-order valence-corrected chi connectivity index (χ0v) is 42.5. The number of unbranched alkanes of at least 4 members (excludes halogenated alkanes) is 36. The second kappa shape index (κ2) is 46.4. The van der Waals surface area contributed by atoms with Crippen molar-refractivity contribution >= 4 is 5.91 Å². The summed E-state index contributed by atoms with van der Waals surface area (Å²) in [4.78, 5) is 13.0. The zero-order chi connectivity index (χ0) is 47.3. The number of rotatable bonds is 48. The van der Waals surface area contributed by atoms with Crippen LogP contribution in [0.25, 0.3) is 0 Å². The fourth-order valence-corrected chi connectivity index (χ4v) is 9.04. The molecule has 0 radical (unpaired) electrons. The number of nitrogens with one attached hydrogen (secondary N) is 1. The number of allylic oxidation sites excluding steroid dienone is 3. The van der Waals surface area contributed by atoms with Gasteiger partial charge >= 0.3 is 0 Å². The van der Waals surface area contributed by atoms with E-state index < -0.39 is 49.5 Å². The Bertz CT molecular complexity index is 1070. The van der Waals surface area contributed by atoms with E-state index >= 15 is 0 Å². The molecule has 384 valence electrons. The molecular weight excluding hydrogens is 815 g/mol. The molecule has 9 heteroatoms. The number of ether oxygens (including phenoxy) is 2. The molecule has 7 atom stereocenters. The lowest BCUT2D eigenvalue weighted by atomic mass is 9.99. The molecule has 0 aliphatic carbocycles. The smallest absolute Gasteiger partial charge is 0.220 e. The molecule has 0 bridgehead atoms. The third kappa shape index (κ3) is 36.3. The monoisotopic (exact) mass is 922 g/mol. The number of carbonyl (C=O) groups excluding carboxylic acids is 1. The Morgan fingerprint density at radius 2 is 0.862 bits per heavy atom. The Balaban J connectivity index is 2.21. The fourth-order valence-electron chi connectivity index (χ4n) is 9.04. The molecule has 6 N–H and O–H groups in total. The lowest BCUT2D eigenvalue weighted by Gasteiger charge is -2.40. The van der Waals surface area contributed by atoms with Crippen molar-refractivity contribution in [3.05, 3.63) is 24.3 Å². The zero-order valence-electron chi connectivity index (χ0n) is 42.5. The molecule has 0 aromatic heterocycles. The second-order valence-corrected chi connectivity index (χ2v) is 19.7. The Morgan fingerprint density at radius 1 is 0.508 bits per heavy atom. The highest BCUT2D eigenvalue weighted by atomic mass is 16.7. The molecule has 9 nitrogen and oxygen atoms in total. The summed E-state index contributed by atoms with van der Waals surface area (Å²) in [5, 5.41) is 54.4. The van der Waals surface area contributed by atoms with Gasteiger partial charge in [-0.15, -0.1) is 0 Å². The molecule has 1 aliphatic heterocycles. The summed E-state index contributed by atoms with van der Waals surface area (Å²) in [6.45, 7) is 3.79. The van der Waals surface area contributed by atoms with Crippen molar-refractivity contribution in [3.63, 3.8) is 0 Å². The molecule has 0 saturated carbocycles. The molecule has 0 aromatic carbocycles. The van der Waals surface area contributed by atoms with Gasteiger partial charge in [-0.3, -0.25) is 4.79 Å². The summed E-state index contributed by atoms with van der Waals surface area (Å²) in [6.07, 6.45) is 51.0. The van der Waals surface area contributed by atoms with Crippen molar-refractivity contribution < 1.29 is 39.8 Å². The largest absolute Gasteiger partial charge is 0.394 e. The van der Waals surface area contributed by atoms with Crippen LogP contribution in [0.3, 0.4) is 0 Å². The quantitative estimate of drug-likeness (QED) is 0.0261. The van der Waals surface area contributed by atoms with Gasteiger partial charge in [-0.2, -0.15) is 0 Å². The summed E-state index contributed by atoms with van der Waals surface area (Å²) in [5.74, 6) is -0.183. The standard InChI is InChI=1S/C56H107NO8/c1-3-5-7-9-11-13-15-17-19-20-21-22-23-24-25-26-27-28-29-30-32-33-35-37-39-41-43-45-50(59)49(48-64-56-55(63)54(62)53(61)51(47-58)65-56)57-52(60)46-44-42-40-38-36-34-31-18-16-14-12-10-8-6-4-2/h18,31,43,45,49-51,53-56,58-59,61-63H,3-17,19-30,32-42,44,46-48H2,1-2H3,(H,57,60)/b31-18-,45-43+. The number of amides is 1. The SMILES string of the molecule is CCCCCCCC/C=C\CCCCCCCC(=O)NC(COC1OC(CO)C(O)C(O)C1O)C(O)/C=C/CCCCCCCCCCCCCCCCCCCCCCCCCCC. The minimum Gasteiger partial charge on any atom is -0.394 e. The predicted molar refractivity (Wildman–Crippen MR) is 272 cm³/mol. The molecule has 1 rings (SSSR count). The third-order valence-corrected chi connectivity index (χ3v) is 13.5. The maximum atomic E-state index is 13.0. The van der Waals surface area contributed by atoms with Crippen LogP contribution < -0.4 is 5.32 Å². The molecule has 0 aromatic rings. The fraction of sp³-hybridized carbons (Fsp3) is 0.911. The highest BCUT2D eigenvalue weighted by Gasteiger charge is 2.44. The van der Waals surface area contributed by atoms with Crippen molar-refractivity contribution in [2.45, 2.75) is 314 Å². The first-order valence-corrected chi connectivity index (χ1v) is 28.1. The van der Waals surface area contributed by atoms with Gasteiger partial charge in [-0.25, -0.2) is 0 Å². The highest BCUT2D eigenvalue weighted by molar-refractivity contribution is 5.76. The van der Waals surface area contributed by atoms with Crippen LogP contribution in [0.5, 0.6) is 0 Å². The molecule has 1 aliphatic rings. The Morgan fingerprint density at radius 3 is 1.25 bits per heavy atom. The number of aliphatic hydroxyl groups excluding tert-OH is 5. The lowest BCUT2D eigenvalue weighted by Crippen LogP contribution is -2.60. The van der Waals surface area contributed by atoms with Gasteiger partial charge in [0.25, 0.3) is 0 Å². The van der Waals surface area contributed by atoms with E-state index in [4.69, 9.17) is 9.47 Å². The van der Waals surface area contributed by atoms with Crippen molar-refractivity contribution in [2.75, 3.05) is 13.2 Å². The van der Waals surface area contributed by atoms with Gasteiger partial charge < -0.3 is 40.3 Å². The lowest BCUT2D eigenvalue weighted by molar-refractivity contribution is -0.302. The molecule has 1 saturated heterocycles. The van der Waals surface area contributed by atoms with Crippen LogP contribution in [0.2, 0.25) is 0 Å². The number of carbonyl (C=O) groups is 1. The van der Waals surface area contributed by atoms with Crippen LogP contribution in [-0.4, -0.2) is 87.5 Å². The van der Waals surface area contributed by atoms with Crippen LogP contribution in [0.4, 0.5) is 0 Å². The van der Waals surface area contributed by atoms with Gasteiger partial charge in [0.1, 0.15) is 24.4 Å². The molecule has 1 heterocycles. The summed E-state index contributed by atoms with van der Waals surface area (Å²) in [6, 6.07) is -0.807. The first kappa shape index (κ1) is 61.7. The molecule has 1 fully saturated rings. The van der Waals surface area contributed by atoms with Gasteiger partial charge in [-0.1, -0.05) is 244 Å². The van der Waals surface area contributed by atoms with Gasteiger partial charge in [-0.05, 0) is 44.9 Å². The first-order valence-electron chi connectivity index (χ1n) is 28.1. The van der Waals surface area contributed by atoms with E-state index in [2.05, 4.69) is 31.3 Å². The second-order valence-electron chi connectivity index (χ2n) is 19.7. The van der Waals surface area contributed by atoms with Crippen molar-refractivity contribution in [1.29, 1.82) is 0 Å².